The predicted octanol–water partition coefficient (Wildman–Crippen LogP) is 2.50. The Bertz CT molecular complexity index is 1150. The third kappa shape index (κ3) is 2.55. The second kappa shape index (κ2) is 5.86. The minimum absolute atomic E-state index is 0.179. The summed E-state index contributed by atoms with van der Waals surface area (Å²) in [6.07, 6.45) is 4.94. The molecule has 3 heterocycles. The summed E-state index contributed by atoms with van der Waals surface area (Å²) >= 11 is 0. The van der Waals surface area contributed by atoms with Crippen molar-refractivity contribution in [3.05, 3.63) is 70.7 Å². The molecule has 0 aliphatic rings. The van der Waals surface area contributed by atoms with E-state index in [1.165, 1.54) is 12.4 Å². The number of nitrogens with one attached hydrogen (secondary N) is 1. The molecule has 0 saturated heterocycles. The molecule has 0 aliphatic heterocycles. The largest absolute Gasteiger partial charge is 0.423 e. The fraction of sp³-hybridized carbons (Fsp3) is 0.111. The van der Waals surface area contributed by atoms with Crippen molar-refractivity contribution in [1.82, 2.24) is 19.7 Å². The van der Waals surface area contributed by atoms with Gasteiger partial charge in [-0.3, -0.25) is 9.78 Å². The Kier molecular flexibility index (Phi) is 3.53. The van der Waals surface area contributed by atoms with Crippen LogP contribution in [0.2, 0.25) is 0 Å². The molecule has 4 aromatic rings. The van der Waals surface area contributed by atoms with Crippen LogP contribution in [0.1, 0.15) is 11.3 Å². The number of fused-ring (bicyclic) bond motifs is 2. The van der Waals surface area contributed by atoms with Crippen molar-refractivity contribution >= 4 is 27.5 Å². The van der Waals surface area contributed by atoms with Gasteiger partial charge < -0.3 is 10.5 Å². The van der Waals surface area contributed by atoms with E-state index < -0.39 is 5.56 Å². The van der Waals surface area contributed by atoms with Gasteiger partial charge in [0.25, 0.3) is 5.56 Å². The molecule has 124 valence electrons. The Morgan fingerprint density at radius 1 is 1.20 bits per heavy atom. The van der Waals surface area contributed by atoms with E-state index in [2.05, 4.69) is 20.3 Å². The lowest BCUT2D eigenvalue weighted by Gasteiger charge is -2.13. The minimum Gasteiger partial charge on any atom is -0.423 e. The van der Waals surface area contributed by atoms with E-state index in [1.807, 2.05) is 30.5 Å². The van der Waals surface area contributed by atoms with Gasteiger partial charge in [-0.05, 0) is 17.9 Å². The highest BCUT2D eigenvalue weighted by atomic mass is 16.5. The Balaban J connectivity index is 1.79. The van der Waals surface area contributed by atoms with Gasteiger partial charge in [0.05, 0.1) is 16.8 Å². The lowest BCUT2D eigenvalue weighted by molar-refractivity contribution is 0.186. The average molecular weight is 333 g/mol. The Labute approximate surface area is 142 Å². The van der Waals surface area contributed by atoms with Crippen molar-refractivity contribution in [3.63, 3.8) is 0 Å². The predicted molar refractivity (Wildman–Crippen MR) is 94.8 cm³/mol. The van der Waals surface area contributed by atoms with E-state index in [0.717, 1.165) is 16.3 Å². The van der Waals surface area contributed by atoms with Gasteiger partial charge in [0.15, 0.2) is 5.65 Å². The number of rotatable bonds is 3. The molecular weight excluding hydrogens is 318 g/mol. The highest BCUT2D eigenvalue weighted by molar-refractivity contribution is 5.91. The van der Waals surface area contributed by atoms with Gasteiger partial charge in [0, 0.05) is 30.4 Å². The van der Waals surface area contributed by atoms with Crippen LogP contribution in [0.15, 0.2) is 53.8 Å². The molecule has 0 amide bonds. The van der Waals surface area contributed by atoms with Crippen molar-refractivity contribution in [3.8, 4) is 0 Å². The van der Waals surface area contributed by atoms with Gasteiger partial charge in [0.2, 0.25) is 0 Å². The lowest BCUT2D eigenvalue weighted by atomic mass is 10.1. The molecule has 0 aliphatic carbocycles. The summed E-state index contributed by atoms with van der Waals surface area (Å²) in [5.41, 5.74) is 1.89. The Morgan fingerprint density at radius 3 is 2.92 bits per heavy atom. The number of aryl methyl sites for hydroxylation is 1. The fourth-order valence-corrected chi connectivity index (χ4v) is 2.95. The quantitative estimate of drug-likeness (QED) is 0.560. The molecule has 3 aromatic heterocycles. The first-order valence-electron chi connectivity index (χ1n) is 7.77. The summed E-state index contributed by atoms with van der Waals surface area (Å²) in [6, 6.07) is 9.33. The average Bonchev–Trinajstić information content (AvgIpc) is 2.63. The van der Waals surface area contributed by atoms with Crippen LogP contribution in [0, 0.1) is 6.92 Å². The van der Waals surface area contributed by atoms with Gasteiger partial charge in [-0.1, -0.05) is 24.3 Å². The van der Waals surface area contributed by atoms with Crippen molar-refractivity contribution < 1.29 is 5.21 Å². The highest BCUT2D eigenvalue weighted by Crippen LogP contribution is 2.24. The number of hydrogen-bond acceptors (Lipinski definition) is 6. The summed E-state index contributed by atoms with van der Waals surface area (Å²) in [5.74, 6) is 0. The number of pyridine rings is 2. The monoisotopic (exact) mass is 333 g/mol. The maximum absolute atomic E-state index is 12.0. The summed E-state index contributed by atoms with van der Waals surface area (Å²) in [5, 5.41) is 15.9. The molecule has 0 unspecified atom stereocenters. The van der Waals surface area contributed by atoms with E-state index in [9.17, 15) is 10.0 Å². The first kappa shape index (κ1) is 15.1. The van der Waals surface area contributed by atoms with Crippen molar-refractivity contribution in [2.75, 3.05) is 5.32 Å². The molecule has 0 fully saturated rings. The van der Waals surface area contributed by atoms with E-state index in [-0.39, 0.29) is 5.65 Å². The van der Waals surface area contributed by atoms with Gasteiger partial charge in [0.1, 0.15) is 6.33 Å². The topological polar surface area (TPSA) is 92.9 Å². The summed E-state index contributed by atoms with van der Waals surface area (Å²) in [7, 11) is 0. The maximum atomic E-state index is 12.0. The van der Waals surface area contributed by atoms with E-state index in [1.54, 1.807) is 13.1 Å². The molecule has 1 aromatic carbocycles. The van der Waals surface area contributed by atoms with Gasteiger partial charge in [-0.25, -0.2) is 9.97 Å². The van der Waals surface area contributed by atoms with Crippen molar-refractivity contribution in [1.29, 1.82) is 0 Å². The van der Waals surface area contributed by atoms with E-state index >= 15 is 0 Å². The molecule has 7 nitrogen and oxygen atoms in total. The van der Waals surface area contributed by atoms with Gasteiger partial charge in [-0.2, -0.15) is 0 Å². The van der Waals surface area contributed by atoms with Gasteiger partial charge >= 0.3 is 0 Å². The fourth-order valence-electron chi connectivity index (χ4n) is 2.95. The van der Waals surface area contributed by atoms with Gasteiger partial charge in [-0.15, -0.1) is 4.73 Å². The molecule has 0 saturated carbocycles. The van der Waals surface area contributed by atoms with Crippen LogP contribution in [0.5, 0.6) is 0 Å². The zero-order valence-corrected chi connectivity index (χ0v) is 13.5. The minimum atomic E-state index is -0.552. The van der Waals surface area contributed by atoms with Crippen LogP contribution < -0.4 is 10.9 Å². The first-order valence-corrected chi connectivity index (χ1v) is 7.77. The molecular formula is C18H15N5O2. The molecule has 7 heteroatoms. The maximum Gasteiger partial charge on any atom is 0.286 e. The number of hydrogen-bond donors (Lipinski definition) is 2. The third-order valence-corrected chi connectivity index (χ3v) is 4.18. The second-order valence-corrected chi connectivity index (χ2v) is 5.74. The molecule has 0 atom stereocenters. The molecule has 0 spiro atoms. The SMILES string of the molecule is Cc1ncnc2c1c(NCc1cncc3ccccc13)cc(=O)n2O. The Hall–Kier alpha value is -3.48. The molecule has 0 bridgehead atoms. The molecule has 25 heavy (non-hydrogen) atoms. The smallest absolute Gasteiger partial charge is 0.286 e. The summed E-state index contributed by atoms with van der Waals surface area (Å²) in [4.78, 5) is 24.4. The molecule has 2 N–H and O–H groups in total. The lowest BCUT2D eigenvalue weighted by Crippen LogP contribution is -2.20. The summed E-state index contributed by atoms with van der Waals surface area (Å²) < 4.78 is 0.536. The Morgan fingerprint density at radius 2 is 2.04 bits per heavy atom. The zero-order chi connectivity index (χ0) is 17.4. The first-order chi connectivity index (χ1) is 12.1. The highest BCUT2D eigenvalue weighted by Gasteiger charge is 2.12. The third-order valence-electron chi connectivity index (χ3n) is 4.18. The molecule has 0 radical (unpaired) electrons. The number of aromatic nitrogens is 4. The number of nitrogens with zero attached hydrogens (tertiary/aromatic N) is 4. The van der Waals surface area contributed by atoms with Crippen LogP contribution >= 0.6 is 0 Å². The number of anilines is 1. The second-order valence-electron chi connectivity index (χ2n) is 5.74. The van der Waals surface area contributed by atoms with Crippen LogP contribution in [-0.2, 0) is 6.54 Å². The van der Waals surface area contributed by atoms with Crippen molar-refractivity contribution in [2.45, 2.75) is 13.5 Å². The van der Waals surface area contributed by atoms with Crippen LogP contribution in [0.25, 0.3) is 21.8 Å². The van der Waals surface area contributed by atoms with Crippen molar-refractivity contribution in [2.24, 2.45) is 0 Å². The van der Waals surface area contributed by atoms with Crippen LogP contribution in [0.3, 0.4) is 0 Å². The van der Waals surface area contributed by atoms with Crippen LogP contribution in [-0.4, -0.2) is 24.9 Å². The number of benzene rings is 1. The van der Waals surface area contributed by atoms with E-state index in [0.29, 0.717) is 28.0 Å². The standard InChI is InChI=1S/C18H15N5O2/c1-11-17-15(6-16(24)23(25)18(17)22-10-21-11)20-9-13-8-19-7-12-4-2-3-5-14(12)13/h2-8,10,20,25H,9H2,1H3. The van der Waals surface area contributed by atoms with E-state index in [4.69, 9.17) is 0 Å². The summed E-state index contributed by atoms with van der Waals surface area (Å²) in [6.45, 7) is 2.28. The molecule has 4 rings (SSSR count). The van der Waals surface area contributed by atoms with Crippen LogP contribution in [0.4, 0.5) is 5.69 Å². The zero-order valence-electron chi connectivity index (χ0n) is 13.5. The normalized spacial score (nSPS) is 11.1.